The predicted octanol–water partition coefficient (Wildman–Crippen LogP) is -0.863. The third-order valence-corrected chi connectivity index (χ3v) is 1.24. The molecule has 60 valence electrons. The van der Waals surface area contributed by atoms with Crippen LogP contribution in [0, 0.1) is 5.41 Å². The maximum atomic E-state index is 10.5. The molecule has 1 aromatic heterocycles. The van der Waals surface area contributed by atoms with E-state index in [9.17, 15) is 4.79 Å². The van der Waals surface area contributed by atoms with Crippen LogP contribution in [0.3, 0.4) is 0 Å². The minimum atomic E-state index is -0.397. The Morgan fingerprint density at radius 3 is 3.00 bits per heavy atom. The highest BCUT2D eigenvalue weighted by Crippen LogP contribution is 2.02. The van der Waals surface area contributed by atoms with E-state index in [0.717, 1.165) is 0 Å². The van der Waals surface area contributed by atoms with Gasteiger partial charge in [-0.25, -0.2) is 9.89 Å². The zero-order valence-electron chi connectivity index (χ0n) is 5.79. The molecule has 0 aliphatic carbocycles. The van der Waals surface area contributed by atoms with Gasteiger partial charge in [-0.2, -0.15) is 5.10 Å². The van der Waals surface area contributed by atoms with Gasteiger partial charge in [0.25, 0.3) is 0 Å². The van der Waals surface area contributed by atoms with Crippen LogP contribution >= 0.6 is 0 Å². The van der Waals surface area contributed by atoms with Crippen LogP contribution in [0.1, 0.15) is 18.3 Å². The van der Waals surface area contributed by atoms with Crippen molar-refractivity contribution in [2.75, 3.05) is 0 Å². The van der Waals surface area contributed by atoms with Gasteiger partial charge >= 0.3 is 5.69 Å². The number of hydrogen-bond donors (Lipinski definition) is 4. The van der Waals surface area contributed by atoms with E-state index in [-0.39, 0.29) is 5.69 Å². The Bertz CT molecular complexity index is 287. The molecule has 11 heavy (non-hydrogen) atoms. The number of hydrogen-bond acceptors (Lipinski definition) is 4. The topological polar surface area (TPSA) is 111 Å². The third kappa shape index (κ3) is 1.74. The van der Waals surface area contributed by atoms with E-state index >= 15 is 0 Å². The van der Waals surface area contributed by atoms with Crippen molar-refractivity contribution in [1.82, 2.24) is 15.2 Å². The number of aromatic nitrogens is 3. The van der Waals surface area contributed by atoms with E-state index in [1.165, 1.54) is 6.21 Å². The van der Waals surface area contributed by atoms with Crippen molar-refractivity contribution in [3.63, 3.8) is 0 Å². The number of aromatic amines is 2. The smallest absolute Gasteiger partial charge is 0.321 e. The molecule has 1 unspecified atom stereocenters. The first-order chi connectivity index (χ1) is 5.24. The highest BCUT2D eigenvalue weighted by atomic mass is 16.1. The second-order valence-electron chi connectivity index (χ2n) is 2.11. The molecule has 0 spiro atoms. The van der Waals surface area contributed by atoms with Gasteiger partial charge in [0.05, 0.1) is 6.04 Å². The average molecular weight is 155 g/mol. The fraction of sp³-hybridized carbons (Fsp3) is 0.400. The normalized spacial score (nSPS) is 12.8. The molecule has 6 nitrogen and oxygen atoms in total. The highest BCUT2D eigenvalue weighted by molar-refractivity contribution is 5.54. The van der Waals surface area contributed by atoms with Gasteiger partial charge < -0.3 is 11.1 Å². The molecule has 0 radical (unpaired) electrons. The molecule has 0 fully saturated rings. The lowest BCUT2D eigenvalue weighted by Gasteiger charge is -2.00. The summed E-state index contributed by atoms with van der Waals surface area (Å²) in [6, 6.07) is -0.397. The molecule has 0 saturated carbocycles. The molecule has 1 aromatic rings. The molecular formula is C5H9N5O. The lowest BCUT2D eigenvalue weighted by atomic mass is 10.2. The van der Waals surface area contributed by atoms with Crippen LogP contribution in [0.15, 0.2) is 4.79 Å². The van der Waals surface area contributed by atoms with Crippen molar-refractivity contribution in [2.24, 2.45) is 5.73 Å². The van der Waals surface area contributed by atoms with Crippen LogP contribution in [0.4, 0.5) is 0 Å². The Morgan fingerprint density at radius 1 is 1.82 bits per heavy atom. The van der Waals surface area contributed by atoms with Crippen molar-refractivity contribution in [1.29, 1.82) is 5.41 Å². The Hall–Kier alpha value is -1.43. The van der Waals surface area contributed by atoms with Gasteiger partial charge in [0.15, 0.2) is 0 Å². The maximum absolute atomic E-state index is 10.5. The first-order valence-corrected chi connectivity index (χ1v) is 3.13. The number of nitrogens with two attached hydrogens (primary N) is 1. The van der Waals surface area contributed by atoms with Gasteiger partial charge in [0.2, 0.25) is 0 Å². The molecule has 1 rings (SSSR count). The quantitative estimate of drug-likeness (QED) is 0.426. The second kappa shape index (κ2) is 3.11. The summed E-state index contributed by atoms with van der Waals surface area (Å²) in [7, 11) is 0. The number of nitrogens with one attached hydrogen (secondary N) is 3. The van der Waals surface area contributed by atoms with Crippen LogP contribution in [0.5, 0.6) is 0 Å². The van der Waals surface area contributed by atoms with Crippen molar-refractivity contribution in [3.8, 4) is 0 Å². The van der Waals surface area contributed by atoms with Crippen molar-refractivity contribution in [2.45, 2.75) is 12.5 Å². The first kappa shape index (κ1) is 7.67. The SMILES string of the molecule is N=CCC(N)c1n[nH]c(=O)[nH]1. The van der Waals surface area contributed by atoms with Crippen molar-refractivity contribution < 1.29 is 0 Å². The average Bonchev–Trinajstić information content (AvgIpc) is 2.36. The monoisotopic (exact) mass is 155 g/mol. The molecular weight excluding hydrogens is 146 g/mol. The van der Waals surface area contributed by atoms with Crippen LogP contribution in [0.2, 0.25) is 0 Å². The van der Waals surface area contributed by atoms with Gasteiger partial charge in [-0.1, -0.05) is 0 Å². The largest absolute Gasteiger partial charge is 0.340 e. The van der Waals surface area contributed by atoms with Gasteiger partial charge in [-0.05, 0) is 6.21 Å². The molecule has 0 aliphatic heterocycles. The zero-order valence-corrected chi connectivity index (χ0v) is 5.79. The molecule has 0 saturated heterocycles. The minimum Gasteiger partial charge on any atom is -0.321 e. The Morgan fingerprint density at radius 2 is 2.55 bits per heavy atom. The van der Waals surface area contributed by atoms with Gasteiger partial charge in [0, 0.05) is 6.42 Å². The molecule has 1 heterocycles. The molecule has 5 N–H and O–H groups in total. The minimum absolute atomic E-state index is 0.375. The van der Waals surface area contributed by atoms with E-state index in [1.807, 2.05) is 0 Å². The van der Waals surface area contributed by atoms with Gasteiger partial charge in [-0.3, -0.25) is 4.98 Å². The Kier molecular flexibility index (Phi) is 2.17. The van der Waals surface area contributed by atoms with Crippen LogP contribution in [-0.2, 0) is 0 Å². The Balaban J connectivity index is 2.75. The molecule has 0 aliphatic rings. The van der Waals surface area contributed by atoms with E-state index in [4.69, 9.17) is 11.1 Å². The Labute approximate surface area is 62.3 Å². The van der Waals surface area contributed by atoms with Crippen LogP contribution < -0.4 is 11.4 Å². The number of rotatable bonds is 3. The number of nitrogens with zero attached hydrogens (tertiary/aromatic N) is 1. The number of H-pyrrole nitrogens is 2. The summed E-state index contributed by atoms with van der Waals surface area (Å²) in [6.45, 7) is 0. The molecule has 0 bridgehead atoms. The zero-order chi connectivity index (χ0) is 8.27. The first-order valence-electron chi connectivity index (χ1n) is 3.13. The summed E-state index contributed by atoms with van der Waals surface area (Å²) in [4.78, 5) is 12.9. The van der Waals surface area contributed by atoms with Crippen molar-refractivity contribution in [3.05, 3.63) is 16.3 Å². The van der Waals surface area contributed by atoms with Crippen molar-refractivity contribution >= 4 is 6.21 Å². The predicted molar refractivity (Wildman–Crippen MR) is 39.5 cm³/mol. The summed E-state index contributed by atoms with van der Waals surface area (Å²) in [6.07, 6.45) is 1.55. The lowest BCUT2D eigenvalue weighted by Crippen LogP contribution is -2.13. The second-order valence-corrected chi connectivity index (χ2v) is 2.11. The summed E-state index contributed by atoms with van der Waals surface area (Å²) < 4.78 is 0. The lowest BCUT2D eigenvalue weighted by molar-refractivity contribution is 0.707. The van der Waals surface area contributed by atoms with Gasteiger partial charge in [0.1, 0.15) is 5.82 Å². The third-order valence-electron chi connectivity index (χ3n) is 1.24. The molecule has 0 amide bonds. The fourth-order valence-electron chi connectivity index (χ4n) is 0.697. The van der Waals surface area contributed by atoms with E-state index in [1.54, 1.807) is 0 Å². The summed E-state index contributed by atoms with van der Waals surface area (Å²) in [5.74, 6) is 0.388. The van der Waals surface area contributed by atoms with Crippen LogP contribution in [0.25, 0.3) is 0 Å². The summed E-state index contributed by atoms with van der Waals surface area (Å²) in [5.41, 5.74) is 5.14. The van der Waals surface area contributed by atoms with Crippen LogP contribution in [-0.4, -0.2) is 21.4 Å². The highest BCUT2D eigenvalue weighted by Gasteiger charge is 2.07. The van der Waals surface area contributed by atoms with E-state index in [0.29, 0.717) is 12.2 Å². The fourth-order valence-corrected chi connectivity index (χ4v) is 0.697. The maximum Gasteiger partial charge on any atom is 0.340 e. The molecule has 1 atom stereocenters. The summed E-state index contributed by atoms with van der Waals surface area (Å²) in [5, 5.41) is 12.6. The van der Waals surface area contributed by atoms with E-state index in [2.05, 4.69) is 15.2 Å². The molecule has 0 aromatic carbocycles. The molecule has 6 heteroatoms. The van der Waals surface area contributed by atoms with E-state index < -0.39 is 6.04 Å². The summed E-state index contributed by atoms with van der Waals surface area (Å²) >= 11 is 0. The van der Waals surface area contributed by atoms with Gasteiger partial charge in [-0.15, -0.1) is 0 Å². The standard InChI is InChI=1S/C5H9N5O/c6-2-1-3(7)4-8-5(11)10-9-4/h2-3,6H,1,7H2,(H2,8,9,10,11).